The van der Waals surface area contributed by atoms with Crippen molar-refractivity contribution in [2.75, 3.05) is 37.7 Å². The molecule has 3 rings (SSSR count). The lowest BCUT2D eigenvalue weighted by molar-refractivity contribution is 0.105. The van der Waals surface area contributed by atoms with Crippen molar-refractivity contribution in [3.05, 3.63) is 48.0 Å². The fraction of sp³-hybridized carbons (Fsp3) is 0.565. The van der Waals surface area contributed by atoms with Gasteiger partial charge in [0.2, 0.25) is 0 Å². The lowest BCUT2D eigenvalue weighted by atomic mass is 10.2. The summed E-state index contributed by atoms with van der Waals surface area (Å²) in [5.41, 5.74) is 1.12. The number of furan rings is 1. The quantitative estimate of drug-likeness (QED) is 0.351. The first kappa shape index (κ1) is 22.2. The molecule has 30 heavy (non-hydrogen) atoms. The SMILES string of the molecule is CCNC(=NCc1ccc(N2CCCCCC2)nc1)NCCCOCc1ccco1. The molecule has 0 bridgehead atoms. The summed E-state index contributed by atoms with van der Waals surface area (Å²) in [6, 6.07) is 8.07. The molecule has 2 N–H and O–H groups in total. The van der Waals surface area contributed by atoms with Crippen molar-refractivity contribution in [2.24, 2.45) is 4.99 Å². The van der Waals surface area contributed by atoms with Gasteiger partial charge in [-0.25, -0.2) is 9.98 Å². The van der Waals surface area contributed by atoms with Crippen LogP contribution in [-0.2, 0) is 17.9 Å². The van der Waals surface area contributed by atoms with E-state index >= 15 is 0 Å². The standard InChI is InChI=1S/C23H35N5O2/c1-2-24-23(25-12-8-15-29-19-21-9-7-16-30-21)27-18-20-10-11-22(26-17-20)28-13-5-3-4-6-14-28/h7,9-11,16-17H,2-6,8,12-15,18-19H2,1H3,(H2,24,25,27). The lowest BCUT2D eigenvalue weighted by Gasteiger charge is -2.21. The van der Waals surface area contributed by atoms with E-state index in [-0.39, 0.29) is 0 Å². The zero-order valence-corrected chi connectivity index (χ0v) is 18.1. The molecule has 1 saturated heterocycles. The van der Waals surface area contributed by atoms with E-state index in [0.29, 0.717) is 19.8 Å². The van der Waals surface area contributed by atoms with Crippen LogP contribution in [0.5, 0.6) is 0 Å². The number of hydrogen-bond acceptors (Lipinski definition) is 5. The van der Waals surface area contributed by atoms with E-state index in [4.69, 9.17) is 9.15 Å². The summed E-state index contributed by atoms with van der Waals surface area (Å²) in [6.07, 6.45) is 9.71. The van der Waals surface area contributed by atoms with Crippen molar-refractivity contribution in [1.82, 2.24) is 15.6 Å². The van der Waals surface area contributed by atoms with Crippen LogP contribution in [0.3, 0.4) is 0 Å². The van der Waals surface area contributed by atoms with E-state index in [2.05, 4.69) is 44.6 Å². The van der Waals surface area contributed by atoms with Crippen molar-refractivity contribution in [1.29, 1.82) is 0 Å². The van der Waals surface area contributed by atoms with Crippen LogP contribution in [0, 0.1) is 0 Å². The van der Waals surface area contributed by atoms with E-state index in [0.717, 1.165) is 55.7 Å². The van der Waals surface area contributed by atoms with Gasteiger partial charge in [-0.3, -0.25) is 0 Å². The Morgan fingerprint density at radius 2 is 2.03 bits per heavy atom. The maximum atomic E-state index is 5.61. The molecular weight excluding hydrogens is 378 g/mol. The van der Waals surface area contributed by atoms with E-state index in [1.54, 1.807) is 6.26 Å². The molecule has 1 aliphatic heterocycles. The lowest BCUT2D eigenvalue weighted by Crippen LogP contribution is -2.38. The maximum Gasteiger partial charge on any atom is 0.191 e. The van der Waals surface area contributed by atoms with Crippen LogP contribution < -0.4 is 15.5 Å². The van der Waals surface area contributed by atoms with Gasteiger partial charge < -0.3 is 24.7 Å². The first-order valence-corrected chi connectivity index (χ1v) is 11.2. The molecule has 0 unspecified atom stereocenters. The summed E-state index contributed by atoms with van der Waals surface area (Å²) in [5, 5.41) is 6.65. The minimum absolute atomic E-state index is 0.515. The zero-order valence-electron chi connectivity index (χ0n) is 18.1. The first-order chi connectivity index (χ1) is 14.8. The van der Waals surface area contributed by atoms with E-state index in [9.17, 15) is 0 Å². The third kappa shape index (κ3) is 7.71. The van der Waals surface area contributed by atoms with Crippen LogP contribution in [0.1, 0.15) is 50.4 Å². The van der Waals surface area contributed by atoms with Crippen LogP contribution in [-0.4, -0.2) is 43.7 Å². The number of aliphatic imine (C=N–C) groups is 1. The highest BCUT2D eigenvalue weighted by atomic mass is 16.5. The Labute approximate surface area is 179 Å². The van der Waals surface area contributed by atoms with E-state index < -0.39 is 0 Å². The second kappa shape index (κ2) is 12.9. The molecular formula is C23H35N5O2. The first-order valence-electron chi connectivity index (χ1n) is 11.2. The summed E-state index contributed by atoms with van der Waals surface area (Å²) in [4.78, 5) is 11.8. The molecule has 7 heteroatoms. The third-order valence-corrected chi connectivity index (χ3v) is 5.09. The van der Waals surface area contributed by atoms with Gasteiger partial charge in [0.25, 0.3) is 0 Å². The van der Waals surface area contributed by atoms with E-state index in [1.807, 2.05) is 18.3 Å². The Balaban J connectivity index is 1.39. The highest BCUT2D eigenvalue weighted by molar-refractivity contribution is 5.79. The van der Waals surface area contributed by atoms with Gasteiger partial charge in [0.15, 0.2) is 5.96 Å². The highest BCUT2D eigenvalue weighted by Gasteiger charge is 2.10. The number of nitrogens with one attached hydrogen (secondary N) is 2. The molecule has 0 amide bonds. The minimum Gasteiger partial charge on any atom is -0.467 e. The molecule has 0 aliphatic carbocycles. The smallest absolute Gasteiger partial charge is 0.191 e. The number of rotatable bonds is 10. The van der Waals surface area contributed by atoms with Crippen molar-refractivity contribution < 1.29 is 9.15 Å². The zero-order chi connectivity index (χ0) is 20.9. The molecule has 0 saturated carbocycles. The van der Waals surface area contributed by atoms with Gasteiger partial charge in [-0.2, -0.15) is 0 Å². The Morgan fingerprint density at radius 3 is 2.73 bits per heavy atom. The van der Waals surface area contributed by atoms with Gasteiger partial charge in [-0.05, 0) is 49.9 Å². The molecule has 0 aromatic carbocycles. The molecule has 7 nitrogen and oxygen atoms in total. The van der Waals surface area contributed by atoms with Crippen molar-refractivity contribution in [3.63, 3.8) is 0 Å². The largest absolute Gasteiger partial charge is 0.467 e. The fourth-order valence-electron chi connectivity index (χ4n) is 3.46. The van der Waals surface area contributed by atoms with Crippen LogP contribution >= 0.6 is 0 Å². The van der Waals surface area contributed by atoms with Gasteiger partial charge in [0.1, 0.15) is 18.2 Å². The average Bonchev–Trinajstić information content (AvgIpc) is 3.14. The number of aromatic nitrogens is 1. The Hall–Kier alpha value is -2.54. The highest BCUT2D eigenvalue weighted by Crippen LogP contribution is 2.17. The second-order valence-corrected chi connectivity index (χ2v) is 7.53. The molecule has 1 aliphatic rings. The summed E-state index contributed by atoms with van der Waals surface area (Å²) in [6.45, 7) is 7.73. The number of guanidine groups is 1. The van der Waals surface area contributed by atoms with Gasteiger partial charge in [0, 0.05) is 39.0 Å². The second-order valence-electron chi connectivity index (χ2n) is 7.53. The fourth-order valence-corrected chi connectivity index (χ4v) is 3.46. The third-order valence-electron chi connectivity index (χ3n) is 5.09. The molecule has 2 aromatic rings. The summed E-state index contributed by atoms with van der Waals surface area (Å²) < 4.78 is 10.9. The molecule has 0 atom stereocenters. The van der Waals surface area contributed by atoms with Gasteiger partial charge in [-0.15, -0.1) is 0 Å². The van der Waals surface area contributed by atoms with Crippen LogP contribution in [0.4, 0.5) is 5.82 Å². The van der Waals surface area contributed by atoms with E-state index in [1.165, 1.54) is 25.7 Å². The number of ether oxygens (including phenoxy) is 1. The summed E-state index contributed by atoms with van der Waals surface area (Å²) in [7, 11) is 0. The predicted octanol–water partition coefficient (Wildman–Crippen LogP) is 3.72. The number of hydrogen-bond donors (Lipinski definition) is 2. The topological polar surface area (TPSA) is 74.9 Å². The van der Waals surface area contributed by atoms with Gasteiger partial charge in [0.05, 0.1) is 12.8 Å². The predicted molar refractivity (Wildman–Crippen MR) is 121 cm³/mol. The van der Waals surface area contributed by atoms with Crippen molar-refractivity contribution >= 4 is 11.8 Å². The average molecular weight is 414 g/mol. The Bertz CT molecular complexity index is 723. The van der Waals surface area contributed by atoms with Crippen molar-refractivity contribution in [3.8, 4) is 0 Å². The molecule has 0 radical (unpaired) electrons. The van der Waals surface area contributed by atoms with Crippen LogP contribution in [0.2, 0.25) is 0 Å². The van der Waals surface area contributed by atoms with Crippen LogP contribution in [0.15, 0.2) is 46.1 Å². The molecule has 0 spiro atoms. The summed E-state index contributed by atoms with van der Waals surface area (Å²) >= 11 is 0. The van der Waals surface area contributed by atoms with Crippen LogP contribution in [0.25, 0.3) is 0 Å². The maximum absolute atomic E-state index is 5.61. The monoisotopic (exact) mass is 413 g/mol. The molecule has 1 fully saturated rings. The Morgan fingerprint density at radius 1 is 1.17 bits per heavy atom. The number of pyridine rings is 1. The number of nitrogens with zero attached hydrogens (tertiary/aromatic N) is 3. The normalized spacial score (nSPS) is 15.1. The molecule has 3 heterocycles. The van der Waals surface area contributed by atoms with Gasteiger partial charge >= 0.3 is 0 Å². The number of anilines is 1. The van der Waals surface area contributed by atoms with Crippen molar-refractivity contribution in [2.45, 2.75) is 52.2 Å². The van der Waals surface area contributed by atoms with Gasteiger partial charge in [-0.1, -0.05) is 18.9 Å². The molecule has 164 valence electrons. The molecule has 2 aromatic heterocycles. The Kier molecular flexibility index (Phi) is 9.53. The minimum atomic E-state index is 0.515. The summed E-state index contributed by atoms with van der Waals surface area (Å²) in [5.74, 6) is 2.76.